The summed E-state index contributed by atoms with van der Waals surface area (Å²) in [6, 6.07) is 15.5. The average Bonchev–Trinajstić information content (AvgIpc) is 3.22. The smallest absolute Gasteiger partial charge is 0.226 e. The Bertz CT molecular complexity index is 1180. The molecule has 0 unspecified atom stereocenters. The molecule has 0 aliphatic carbocycles. The van der Waals surface area contributed by atoms with Crippen molar-refractivity contribution < 1.29 is 4.79 Å². The average molecular weight is 408 g/mol. The molecule has 0 saturated carbocycles. The van der Waals surface area contributed by atoms with E-state index in [1.807, 2.05) is 65.7 Å². The van der Waals surface area contributed by atoms with Crippen LogP contribution < -0.4 is 5.32 Å². The fraction of sp³-hybridized carbons (Fsp3) is 0.227. The van der Waals surface area contributed by atoms with Crippen LogP contribution in [0.25, 0.3) is 10.9 Å². The highest BCUT2D eigenvalue weighted by Crippen LogP contribution is 2.19. The largest absolute Gasteiger partial charge is 0.326 e. The maximum absolute atomic E-state index is 12.4. The van der Waals surface area contributed by atoms with Crippen molar-refractivity contribution in [1.82, 2.24) is 19.6 Å². The van der Waals surface area contributed by atoms with Crippen molar-refractivity contribution in [3.63, 3.8) is 0 Å². The van der Waals surface area contributed by atoms with E-state index in [1.165, 1.54) is 0 Å². The van der Waals surface area contributed by atoms with Gasteiger partial charge in [-0.15, -0.1) is 0 Å². The number of carbonyl (C=O) groups excluding carboxylic acids is 1. The van der Waals surface area contributed by atoms with Gasteiger partial charge in [0.1, 0.15) is 0 Å². The van der Waals surface area contributed by atoms with E-state index in [-0.39, 0.29) is 5.91 Å². The number of aromatic nitrogens is 4. The number of aryl methyl sites for hydroxylation is 3. The summed E-state index contributed by atoms with van der Waals surface area (Å²) in [5.74, 6) is -0.0501. The van der Waals surface area contributed by atoms with E-state index in [4.69, 9.17) is 11.6 Å². The number of nitrogens with zero attached hydrogens (tertiary/aromatic N) is 4. The number of hydrogen-bond acceptors (Lipinski definition) is 3. The molecule has 2 aromatic carbocycles. The third-order valence-electron chi connectivity index (χ3n) is 4.80. The van der Waals surface area contributed by atoms with Crippen LogP contribution >= 0.6 is 11.6 Å². The lowest BCUT2D eigenvalue weighted by atomic mass is 10.2. The molecule has 2 aromatic heterocycles. The van der Waals surface area contributed by atoms with Crippen molar-refractivity contribution in [2.45, 2.75) is 33.4 Å². The summed E-state index contributed by atoms with van der Waals surface area (Å²) >= 11 is 6.01. The molecule has 0 aliphatic rings. The number of nitrogens with one attached hydrogen (secondary N) is 1. The Morgan fingerprint density at radius 3 is 2.76 bits per heavy atom. The third kappa shape index (κ3) is 4.49. The SMILES string of the molecule is Cc1cc(C)n(Cc2cccc(NC(=O)CCn3ncc4cc(Cl)ccc43)c2)n1. The monoisotopic (exact) mass is 407 g/mol. The first-order valence-electron chi connectivity index (χ1n) is 9.49. The molecule has 0 saturated heterocycles. The van der Waals surface area contributed by atoms with E-state index < -0.39 is 0 Å². The lowest BCUT2D eigenvalue weighted by Crippen LogP contribution is -2.15. The maximum Gasteiger partial charge on any atom is 0.226 e. The highest BCUT2D eigenvalue weighted by Gasteiger charge is 2.08. The molecule has 29 heavy (non-hydrogen) atoms. The summed E-state index contributed by atoms with van der Waals surface area (Å²) in [5, 5.41) is 13.5. The van der Waals surface area contributed by atoms with Crippen LogP contribution in [0.2, 0.25) is 5.02 Å². The minimum absolute atomic E-state index is 0.0501. The van der Waals surface area contributed by atoms with Gasteiger partial charge in [0.2, 0.25) is 5.91 Å². The summed E-state index contributed by atoms with van der Waals surface area (Å²) in [7, 11) is 0. The summed E-state index contributed by atoms with van der Waals surface area (Å²) in [6.45, 7) is 5.20. The fourth-order valence-corrected chi connectivity index (χ4v) is 3.60. The molecule has 1 amide bonds. The van der Waals surface area contributed by atoms with E-state index in [2.05, 4.69) is 21.6 Å². The Kier molecular flexibility index (Phi) is 5.36. The van der Waals surface area contributed by atoms with Crippen molar-refractivity contribution >= 4 is 34.1 Å². The molecule has 0 atom stereocenters. The Labute approximate surface area is 174 Å². The molecule has 7 heteroatoms. The van der Waals surface area contributed by atoms with Gasteiger partial charge in [-0.25, -0.2) is 0 Å². The van der Waals surface area contributed by atoms with E-state index in [9.17, 15) is 4.79 Å². The second-order valence-electron chi connectivity index (χ2n) is 7.15. The first kappa shape index (κ1) is 19.2. The van der Waals surface area contributed by atoms with Crippen LogP contribution in [0, 0.1) is 13.8 Å². The Morgan fingerprint density at radius 1 is 1.10 bits per heavy atom. The standard InChI is InChI=1S/C22H22ClN5O/c1-15-10-16(2)28(26-15)14-17-4-3-5-20(11-17)25-22(29)8-9-27-21-7-6-19(23)12-18(21)13-24-27/h3-7,10-13H,8-9,14H2,1-2H3,(H,25,29). The number of amides is 1. The Morgan fingerprint density at radius 2 is 1.97 bits per heavy atom. The zero-order chi connectivity index (χ0) is 20.4. The number of hydrogen-bond donors (Lipinski definition) is 1. The van der Waals surface area contributed by atoms with Gasteiger partial charge >= 0.3 is 0 Å². The number of carbonyl (C=O) groups is 1. The van der Waals surface area contributed by atoms with Crippen molar-refractivity contribution in [3.05, 3.63) is 76.7 Å². The molecule has 0 radical (unpaired) electrons. The lowest BCUT2D eigenvalue weighted by molar-refractivity contribution is -0.116. The van der Waals surface area contributed by atoms with Crippen LogP contribution in [0.5, 0.6) is 0 Å². The molecular formula is C22H22ClN5O. The van der Waals surface area contributed by atoms with Crippen molar-refractivity contribution in [2.75, 3.05) is 5.32 Å². The van der Waals surface area contributed by atoms with Crippen LogP contribution in [0.3, 0.4) is 0 Å². The topological polar surface area (TPSA) is 64.7 Å². The van der Waals surface area contributed by atoms with E-state index in [0.717, 1.165) is 33.5 Å². The molecule has 6 nitrogen and oxygen atoms in total. The minimum atomic E-state index is -0.0501. The van der Waals surface area contributed by atoms with Gasteiger partial charge in [0.25, 0.3) is 0 Å². The molecule has 0 aliphatic heterocycles. The summed E-state index contributed by atoms with van der Waals surface area (Å²) in [5.41, 5.74) is 4.95. The normalized spacial score (nSPS) is 11.1. The van der Waals surface area contributed by atoms with E-state index in [0.29, 0.717) is 24.5 Å². The minimum Gasteiger partial charge on any atom is -0.326 e. The first-order valence-corrected chi connectivity index (χ1v) is 9.87. The lowest BCUT2D eigenvalue weighted by Gasteiger charge is -2.09. The molecule has 148 valence electrons. The predicted molar refractivity (Wildman–Crippen MR) is 115 cm³/mol. The van der Waals surface area contributed by atoms with Crippen molar-refractivity contribution in [1.29, 1.82) is 0 Å². The molecule has 2 heterocycles. The molecule has 0 spiro atoms. The van der Waals surface area contributed by atoms with Gasteiger partial charge < -0.3 is 5.32 Å². The van der Waals surface area contributed by atoms with E-state index in [1.54, 1.807) is 6.20 Å². The Hall–Kier alpha value is -3.12. The number of anilines is 1. The molecule has 0 bridgehead atoms. The van der Waals surface area contributed by atoms with Gasteiger partial charge in [0.15, 0.2) is 0 Å². The van der Waals surface area contributed by atoms with Crippen LogP contribution in [-0.2, 0) is 17.9 Å². The van der Waals surface area contributed by atoms with Gasteiger partial charge in [0.05, 0.1) is 30.5 Å². The molecular weight excluding hydrogens is 386 g/mol. The van der Waals surface area contributed by atoms with Crippen LogP contribution in [0.1, 0.15) is 23.4 Å². The predicted octanol–water partition coefficient (Wildman–Crippen LogP) is 4.58. The van der Waals surface area contributed by atoms with Gasteiger partial charge in [-0.3, -0.25) is 14.2 Å². The van der Waals surface area contributed by atoms with Gasteiger partial charge in [-0.1, -0.05) is 23.7 Å². The maximum atomic E-state index is 12.4. The van der Waals surface area contributed by atoms with Crippen LogP contribution in [0.15, 0.2) is 54.7 Å². The van der Waals surface area contributed by atoms with Gasteiger partial charge in [-0.2, -0.15) is 10.2 Å². The third-order valence-corrected chi connectivity index (χ3v) is 5.04. The number of benzene rings is 2. The van der Waals surface area contributed by atoms with Crippen LogP contribution in [0.4, 0.5) is 5.69 Å². The number of halogens is 1. The second kappa shape index (κ2) is 8.09. The van der Waals surface area contributed by atoms with Gasteiger partial charge in [-0.05, 0) is 55.8 Å². The van der Waals surface area contributed by atoms with E-state index >= 15 is 0 Å². The summed E-state index contributed by atoms with van der Waals surface area (Å²) in [4.78, 5) is 12.4. The fourth-order valence-electron chi connectivity index (χ4n) is 3.42. The zero-order valence-corrected chi connectivity index (χ0v) is 17.1. The zero-order valence-electron chi connectivity index (χ0n) is 16.4. The van der Waals surface area contributed by atoms with Crippen molar-refractivity contribution in [2.24, 2.45) is 0 Å². The summed E-state index contributed by atoms with van der Waals surface area (Å²) in [6.07, 6.45) is 2.10. The first-order chi connectivity index (χ1) is 14.0. The second-order valence-corrected chi connectivity index (χ2v) is 7.59. The molecule has 4 rings (SSSR count). The highest BCUT2D eigenvalue weighted by atomic mass is 35.5. The van der Waals surface area contributed by atoms with Crippen molar-refractivity contribution in [3.8, 4) is 0 Å². The quantitative estimate of drug-likeness (QED) is 0.508. The van der Waals surface area contributed by atoms with Crippen LogP contribution in [-0.4, -0.2) is 25.5 Å². The highest BCUT2D eigenvalue weighted by molar-refractivity contribution is 6.31. The molecule has 0 fully saturated rings. The number of fused-ring (bicyclic) bond motifs is 1. The molecule has 1 N–H and O–H groups in total. The number of rotatable bonds is 6. The van der Waals surface area contributed by atoms with Gasteiger partial charge in [0, 0.05) is 28.2 Å². The molecule has 4 aromatic rings. The Balaban J connectivity index is 1.38. The summed E-state index contributed by atoms with van der Waals surface area (Å²) < 4.78 is 3.79.